The molecule has 5 heteroatoms. The Labute approximate surface area is 101 Å². The van der Waals surface area contributed by atoms with Gasteiger partial charge in [-0.3, -0.25) is 0 Å². The molecule has 98 valence electrons. The number of aliphatic hydroxyl groups excluding tert-OH is 1. The van der Waals surface area contributed by atoms with E-state index in [9.17, 15) is 14.7 Å². The second kappa shape index (κ2) is 8.75. The predicted octanol–water partition coefficient (Wildman–Crippen LogP) is 1.20. The van der Waals surface area contributed by atoms with E-state index in [1.54, 1.807) is 0 Å². The number of hydrogen-bond donors (Lipinski definition) is 1. The van der Waals surface area contributed by atoms with Crippen molar-refractivity contribution in [1.29, 1.82) is 0 Å². The molecule has 0 aromatic heterocycles. The number of carbonyl (C=O) groups excluding carboxylic acids is 2. The summed E-state index contributed by atoms with van der Waals surface area (Å²) in [4.78, 5) is 22.1. The van der Waals surface area contributed by atoms with E-state index in [0.717, 1.165) is 12.8 Å². The number of aliphatic hydroxyl groups is 1. The maximum atomic E-state index is 11.2. The number of rotatable bonds is 8. The van der Waals surface area contributed by atoms with Crippen molar-refractivity contribution in [1.82, 2.24) is 0 Å². The summed E-state index contributed by atoms with van der Waals surface area (Å²) in [6.45, 7) is 6.82. The maximum Gasteiger partial charge on any atom is 0.335 e. The van der Waals surface area contributed by atoms with E-state index < -0.39 is 18.0 Å². The van der Waals surface area contributed by atoms with Crippen LogP contribution in [0.3, 0.4) is 0 Å². The Balaban J connectivity index is 3.64. The van der Waals surface area contributed by atoms with Gasteiger partial charge in [-0.25, -0.2) is 9.59 Å². The van der Waals surface area contributed by atoms with Gasteiger partial charge < -0.3 is 14.6 Å². The van der Waals surface area contributed by atoms with E-state index in [0.29, 0.717) is 12.0 Å². The van der Waals surface area contributed by atoms with Gasteiger partial charge in [0, 0.05) is 5.57 Å². The van der Waals surface area contributed by atoms with Crippen molar-refractivity contribution in [2.24, 2.45) is 0 Å². The molecular weight excluding hydrogens is 224 g/mol. The molecule has 5 nitrogen and oxygen atoms in total. The van der Waals surface area contributed by atoms with E-state index >= 15 is 0 Å². The molecule has 0 saturated heterocycles. The van der Waals surface area contributed by atoms with Crippen LogP contribution in [0.15, 0.2) is 12.2 Å². The monoisotopic (exact) mass is 244 g/mol. The first-order chi connectivity index (χ1) is 7.99. The molecule has 1 N–H and O–H groups in total. The van der Waals surface area contributed by atoms with Crippen molar-refractivity contribution in [3.05, 3.63) is 12.2 Å². The molecule has 0 aromatic rings. The third kappa shape index (κ3) is 7.52. The predicted molar refractivity (Wildman–Crippen MR) is 62.3 cm³/mol. The van der Waals surface area contributed by atoms with Gasteiger partial charge in [-0.2, -0.15) is 0 Å². The van der Waals surface area contributed by atoms with Gasteiger partial charge >= 0.3 is 11.9 Å². The Morgan fingerprint density at radius 3 is 2.41 bits per heavy atom. The molecule has 0 spiro atoms. The van der Waals surface area contributed by atoms with Crippen LogP contribution < -0.4 is 0 Å². The minimum absolute atomic E-state index is 0.0298. The molecule has 0 bridgehead atoms. The van der Waals surface area contributed by atoms with Crippen molar-refractivity contribution in [3.8, 4) is 0 Å². The fraction of sp³-hybridized carbons (Fsp3) is 0.667. The van der Waals surface area contributed by atoms with Gasteiger partial charge in [0.15, 0.2) is 6.10 Å². The van der Waals surface area contributed by atoms with Gasteiger partial charge in [0.25, 0.3) is 0 Å². The molecule has 0 aliphatic heterocycles. The van der Waals surface area contributed by atoms with E-state index in [1.165, 1.54) is 6.92 Å². The van der Waals surface area contributed by atoms with Crippen LogP contribution in [0, 0.1) is 0 Å². The second-order valence-corrected chi connectivity index (χ2v) is 3.74. The van der Waals surface area contributed by atoms with Crippen molar-refractivity contribution in [3.63, 3.8) is 0 Å². The Bertz CT molecular complexity index is 272. The molecule has 1 unspecified atom stereocenters. The van der Waals surface area contributed by atoms with Crippen LogP contribution in [0.5, 0.6) is 0 Å². The van der Waals surface area contributed by atoms with Crippen LogP contribution >= 0.6 is 0 Å². The molecule has 17 heavy (non-hydrogen) atoms. The Kier molecular flexibility index (Phi) is 8.05. The van der Waals surface area contributed by atoms with Crippen LogP contribution in [0.2, 0.25) is 0 Å². The topological polar surface area (TPSA) is 72.8 Å². The average molecular weight is 244 g/mol. The zero-order valence-electron chi connectivity index (χ0n) is 10.4. The number of esters is 2. The number of hydrogen-bond acceptors (Lipinski definition) is 5. The quantitative estimate of drug-likeness (QED) is 0.394. The first-order valence-electron chi connectivity index (χ1n) is 5.66. The number of unbranched alkanes of at least 4 members (excludes halogenated alkanes) is 1. The third-order valence-corrected chi connectivity index (χ3v) is 2.01. The van der Waals surface area contributed by atoms with Crippen LogP contribution in [0.4, 0.5) is 0 Å². The van der Waals surface area contributed by atoms with Crippen LogP contribution in [-0.4, -0.2) is 36.4 Å². The SMILES string of the molecule is C=C(C)C(=O)OCCOC(=O)C(O)CCCC. The van der Waals surface area contributed by atoms with E-state index in [-0.39, 0.29) is 13.2 Å². The molecule has 0 saturated carbocycles. The van der Waals surface area contributed by atoms with E-state index in [1.807, 2.05) is 6.92 Å². The number of ether oxygens (including phenoxy) is 2. The molecule has 0 heterocycles. The lowest BCUT2D eigenvalue weighted by atomic mass is 10.2. The highest BCUT2D eigenvalue weighted by Crippen LogP contribution is 2.02. The maximum absolute atomic E-state index is 11.2. The van der Waals surface area contributed by atoms with Crippen LogP contribution in [-0.2, 0) is 19.1 Å². The summed E-state index contributed by atoms with van der Waals surface area (Å²) in [6.07, 6.45) is 0.967. The highest BCUT2D eigenvalue weighted by atomic mass is 16.6. The minimum Gasteiger partial charge on any atom is -0.460 e. The minimum atomic E-state index is -1.09. The van der Waals surface area contributed by atoms with Crippen molar-refractivity contribution in [2.75, 3.05) is 13.2 Å². The summed E-state index contributed by atoms with van der Waals surface area (Å²) in [5.74, 6) is -1.20. The van der Waals surface area contributed by atoms with Gasteiger partial charge in [-0.05, 0) is 13.3 Å². The normalized spacial score (nSPS) is 11.7. The molecule has 0 radical (unpaired) electrons. The van der Waals surface area contributed by atoms with Gasteiger partial charge in [-0.1, -0.05) is 26.3 Å². The fourth-order valence-electron chi connectivity index (χ4n) is 1.01. The standard InChI is InChI=1S/C12H20O5/c1-4-5-6-10(13)12(15)17-8-7-16-11(14)9(2)3/h10,13H,2,4-8H2,1,3H3. The largest absolute Gasteiger partial charge is 0.460 e. The first-order valence-corrected chi connectivity index (χ1v) is 5.66. The van der Waals surface area contributed by atoms with Gasteiger partial charge in [0.1, 0.15) is 13.2 Å². The van der Waals surface area contributed by atoms with Gasteiger partial charge in [0.2, 0.25) is 0 Å². The van der Waals surface area contributed by atoms with Crippen molar-refractivity contribution in [2.45, 2.75) is 39.2 Å². The zero-order chi connectivity index (χ0) is 13.3. The van der Waals surface area contributed by atoms with E-state index in [2.05, 4.69) is 6.58 Å². The summed E-state index contributed by atoms with van der Waals surface area (Å²) in [7, 11) is 0. The lowest BCUT2D eigenvalue weighted by molar-refractivity contribution is -0.157. The molecule has 0 fully saturated rings. The summed E-state index contributed by atoms with van der Waals surface area (Å²) in [5.41, 5.74) is 0.291. The number of carbonyl (C=O) groups is 2. The van der Waals surface area contributed by atoms with Gasteiger partial charge in [-0.15, -0.1) is 0 Å². The summed E-state index contributed by atoms with van der Waals surface area (Å²) >= 11 is 0. The first kappa shape index (κ1) is 15.6. The van der Waals surface area contributed by atoms with Crippen LogP contribution in [0.25, 0.3) is 0 Å². The lowest BCUT2D eigenvalue weighted by Gasteiger charge is -2.10. The average Bonchev–Trinajstić information content (AvgIpc) is 2.30. The van der Waals surface area contributed by atoms with Crippen LogP contribution in [0.1, 0.15) is 33.1 Å². The molecule has 0 amide bonds. The fourth-order valence-corrected chi connectivity index (χ4v) is 1.01. The lowest BCUT2D eigenvalue weighted by Crippen LogP contribution is -2.24. The summed E-state index contributed by atoms with van der Waals surface area (Å²) < 4.78 is 9.45. The highest BCUT2D eigenvalue weighted by Gasteiger charge is 2.15. The smallest absolute Gasteiger partial charge is 0.335 e. The van der Waals surface area contributed by atoms with Crippen molar-refractivity contribution < 1.29 is 24.2 Å². The van der Waals surface area contributed by atoms with Crippen molar-refractivity contribution >= 4 is 11.9 Å². The molecule has 1 atom stereocenters. The second-order valence-electron chi connectivity index (χ2n) is 3.74. The molecular formula is C12H20O5. The Morgan fingerprint density at radius 1 is 1.29 bits per heavy atom. The Morgan fingerprint density at radius 2 is 1.88 bits per heavy atom. The molecule has 0 aliphatic carbocycles. The molecule has 0 aromatic carbocycles. The highest BCUT2D eigenvalue weighted by molar-refractivity contribution is 5.86. The summed E-state index contributed by atoms with van der Waals surface area (Å²) in [5, 5.41) is 9.35. The van der Waals surface area contributed by atoms with Gasteiger partial charge in [0.05, 0.1) is 0 Å². The third-order valence-electron chi connectivity index (χ3n) is 2.01. The zero-order valence-corrected chi connectivity index (χ0v) is 10.4. The molecule has 0 rings (SSSR count). The van der Waals surface area contributed by atoms with E-state index in [4.69, 9.17) is 9.47 Å². The molecule has 0 aliphatic rings. The summed E-state index contributed by atoms with van der Waals surface area (Å²) in [6, 6.07) is 0. The Hall–Kier alpha value is -1.36.